The number of rotatable bonds is 10. The van der Waals surface area contributed by atoms with E-state index < -0.39 is 21.0 Å². The third-order valence-corrected chi connectivity index (χ3v) is 7.41. The summed E-state index contributed by atoms with van der Waals surface area (Å²) in [5.74, 6) is -0.354. The van der Waals surface area contributed by atoms with E-state index in [1.165, 1.54) is 24.1 Å². The molecule has 0 spiro atoms. The first-order valence-corrected chi connectivity index (χ1v) is 12.1. The lowest BCUT2D eigenvalue weighted by molar-refractivity contribution is -0.384. The van der Waals surface area contributed by atoms with Gasteiger partial charge in [0.25, 0.3) is 5.69 Å². The van der Waals surface area contributed by atoms with E-state index in [0.717, 1.165) is 27.7 Å². The van der Waals surface area contributed by atoms with E-state index in [-0.39, 0.29) is 22.9 Å². The number of nitro benzene ring substituents is 1. The maximum absolute atomic E-state index is 13.4. The number of aromatic nitrogens is 1. The number of nitro groups is 1. The topological polar surface area (TPSA) is 114 Å². The van der Waals surface area contributed by atoms with Crippen molar-refractivity contribution in [3.8, 4) is 0 Å². The highest BCUT2D eigenvalue weighted by Gasteiger charge is 2.34. The summed E-state index contributed by atoms with van der Waals surface area (Å²) in [7, 11) is -1.10. The largest absolute Gasteiger partial charge is 0.344 e. The fraction of sp³-hybridized carbons (Fsp3) is 0.250. The zero-order valence-corrected chi connectivity index (χ0v) is 19.8. The predicted molar refractivity (Wildman–Crippen MR) is 128 cm³/mol. The van der Waals surface area contributed by atoms with Crippen molar-refractivity contribution in [3.63, 3.8) is 0 Å². The Labute approximate surface area is 198 Å². The van der Waals surface area contributed by atoms with Crippen LogP contribution in [0.1, 0.15) is 11.3 Å². The van der Waals surface area contributed by atoms with E-state index in [4.69, 9.17) is 0 Å². The van der Waals surface area contributed by atoms with Crippen LogP contribution < -0.4 is 0 Å². The summed E-state index contributed by atoms with van der Waals surface area (Å²) < 4.78 is 27.7. The first-order valence-electron chi connectivity index (χ1n) is 10.6. The predicted octanol–water partition coefficient (Wildman–Crippen LogP) is 2.92. The summed E-state index contributed by atoms with van der Waals surface area (Å²) in [5, 5.41) is 10.9. The van der Waals surface area contributed by atoms with Crippen LogP contribution in [0.25, 0.3) is 0 Å². The SMILES string of the molecule is CN(CCc1ccccn1)C(=O)[C@H](Cc1ccccc1)N(C)S(=O)(=O)c1ccc([N+](=O)[O-])cc1. The molecule has 2 aromatic carbocycles. The third kappa shape index (κ3) is 6.03. The quantitative estimate of drug-likeness (QED) is 0.324. The summed E-state index contributed by atoms with van der Waals surface area (Å²) in [6.07, 6.45) is 2.39. The molecule has 0 saturated heterocycles. The van der Waals surface area contributed by atoms with Gasteiger partial charge in [0, 0.05) is 51.1 Å². The van der Waals surface area contributed by atoms with E-state index in [1.807, 2.05) is 48.5 Å². The Morgan fingerprint density at radius 3 is 2.24 bits per heavy atom. The molecule has 1 atom stereocenters. The van der Waals surface area contributed by atoms with Crippen LogP contribution >= 0.6 is 0 Å². The Balaban J connectivity index is 1.86. The molecule has 0 aliphatic rings. The second kappa shape index (κ2) is 11.0. The number of hydrogen-bond donors (Lipinski definition) is 0. The van der Waals surface area contributed by atoms with Gasteiger partial charge in [-0.15, -0.1) is 0 Å². The van der Waals surface area contributed by atoms with Crippen molar-refractivity contribution in [2.24, 2.45) is 0 Å². The van der Waals surface area contributed by atoms with Gasteiger partial charge in [-0.05, 0) is 36.2 Å². The van der Waals surface area contributed by atoms with E-state index in [2.05, 4.69) is 4.98 Å². The number of benzene rings is 2. The van der Waals surface area contributed by atoms with Gasteiger partial charge in [-0.3, -0.25) is 19.9 Å². The average Bonchev–Trinajstić information content (AvgIpc) is 2.86. The highest BCUT2D eigenvalue weighted by molar-refractivity contribution is 7.89. The molecule has 1 amide bonds. The minimum atomic E-state index is -4.10. The molecule has 1 aromatic heterocycles. The van der Waals surface area contributed by atoms with Crippen LogP contribution in [0.3, 0.4) is 0 Å². The maximum Gasteiger partial charge on any atom is 0.269 e. The Morgan fingerprint density at radius 2 is 1.65 bits per heavy atom. The fourth-order valence-corrected chi connectivity index (χ4v) is 4.79. The Hall–Kier alpha value is -3.63. The second-order valence-electron chi connectivity index (χ2n) is 7.81. The molecular weight excluding hydrogens is 456 g/mol. The molecule has 0 aliphatic carbocycles. The number of pyridine rings is 1. The minimum absolute atomic E-state index is 0.123. The zero-order valence-electron chi connectivity index (χ0n) is 18.9. The van der Waals surface area contributed by atoms with Gasteiger partial charge < -0.3 is 4.90 Å². The van der Waals surface area contributed by atoms with E-state index in [1.54, 1.807) is 13.2 Å². The van der Waals surface area contributed by atoms with Crippen LogP contribution in [-0.4, -0.2) is 60.1 Å². The highest BCUT2D eigenvalue weighted by atomic mass is 32.2. The second-order valence-corrected chi connectivity index (χ2v) is 9.81. The smallest absolute Gasteiger partial charge is 0.269 e. The van der Waals surface area contributed by atoms with Crippen LogP contribution in [0.15, 0.2) is 83.9 Å². The first kappa shape index (κ1) is 25.0. The van der Waals surface area contributed by atoms with Crippen LogP contribution in [0, 0.1) is 10.1 Å². The normalized spacial score (nSPS) is 12.3. The van der Waals surface area contributed by atoms with Crippen molar-refractivity contribution in [2.75, 3.05) is 20.6 Å². The van der Waals surface area contributed by atoms with Crippen molar-refractivity contribution >= 4 is 21.6 Å². The van der Waals surface area contributed by atoms with Crippen LogP contribution in [0.4, 0.5) is 5.69 Å². The number of sulfonamides is 1. The molecule has 3 rings (SSSR count). The van der Waals surface area contributed by atoms with Crippen molar-refractivity contribution in [1.82, 2.24) is 14.2 Å². The number of non-ortho nitro benzene ring substituents is 1. The number of carbonyl (C=O) groups is 1. The Kier molecular flexibility index (Phi) is 8.08. The molecule has 0 unspecified atom stereocenters. The summed E-state index contributed by atoms with van der Waals surface area (Å²) in [6, 6.07) is 18.3. The zero-order chi connectivity index (χ0) is 24.7. The molecule has 9 nitrogen and oxygen atoms in total. The van der Waals surface area contributed by atoms with E-state index in [0.29, 0.717) is 13.0 Å². The van der Waals surface area contributed by atoms with Gasteiger partial charge in [-0.1, -0.05) is 36.4 Å². The lowest BCUT2D eigenvalue weighted by atomic mass is 10.0. The molecule has 0 fully saturated rings. The number of amides is 1. The van der Waals surface area contributed by atoms with Crippen molar-refractivity contribution in [3.05, 3.63) is 100 Å². The number of hydrogen-bond acceptors (Lipinski definition) is 6. The van der Waals surface area contributed by atoms with Gasteiger partial charge in [-0.25, -0.2) is 8.42 Å². The minimum Gasteiger partial charge on any atom is -0.344 e. The number of nitrogens with zero attached hydrogens (tertiary/aromatic N) is 4. The molecular formula is C24H26N4O5S. The van der Waals surface area contributed by atoms with Gasteiger partial charge in [0.2, 0.25) is 15.9 Å². The molecule has 10 heteroatoms. The molecule has 0 N–H and O–H groups in total. The molecule has 178 valence electrons. The van der Waals surface area contributed by atoms with E-state index >= 15 is 0 Å². The van der Waals surface area contributed by atoms with Gasteiger partial charge in [0.15, 0.2) is 0 Å². The van der Waals surface area contributed by atoms with Gasteiger partial charge >= 0.3 is 0 Å². The molecule has 0 radical (unpaired) electrons. The molecule has 34 heavy (non-hydrogen) atoms. The number of likely N-dealkylation sites (N-methyl/N-ethyl adjacent to an activating group) is 2. The summed E-state index contributed by atoms with van der Waals surface area (Å²) in [6.45, 7) is 0.368. The van der Waals surface area contributed by atoms with Crippen LogP contribution in [0.2, 0.25) is 0 Å². The summed E-state index contributed by atoms with van der Waals surface area (Å²) in [4.78, 5) is 29.4. The monoisotopic (exact) mass is 482 g/mol. The van der Waals surface area contributed by atoms with Crippen LogP contribution in [0.5, 0.6) is 0 Å². The molecule has 0 saturated carbocycles. The average molecular weight is 483 g/mol. The third-order valence-electron chi connectivity index (χ3n) is 5.53. The molecule has 1 heterocycles. The highest BCUT2D eigenvalue weighted by Crippen LogP contribution is 2.22. The summed E-state index contributed by atoms with van der Waals surface area (Å²) in [5.41, 5.74) is 1.42. The Bertz CT molecular complexity index is 1220. The maximum atomic E-state index is 13.4. The Morgan fingerprint density at radius 1 is 1.00 bits per heavy atom. The molecule has 3 aromatic rings. The van der Waals surface area contributed by atoms with Crippen LogP contribution in [-0.2, 0) is 27.7 Å². The van der Waals surface area contributed by atoms with Crippen molar-refractivity contribution < 1.29 is 18.1 Å². The van der Waals surface area contributed by atoms with E-state index in [9.17, 15) is 23.3 Å². The van der Waals surface area contributed by atoms with Gasteiger partial charge in [0.05, 0.1) is 9.82 Å². The first-order chi connectivity index (χ1) is 16.2. The van der Waals surface area contributed by atoms with Crippen molar-refractivity contribution in [2.45, 2.75) is 23.8 Å². The summed E-state index contributed by atoms with van der Waals surface area (Å²) >= 11 is 0. The molecule has 0 aliphatic heterocycles. The lowest BCUT2D eigenvalue weighted by Crippen LogP contribution is -2.49. The lowest BCUT2D eigenvalue weighted by Gasteiger charge is -2.30. The molecule has 0 bridgehead atoms. The van der Waals surface area contributed by atoms with Crippen molar-refractivity contribution in [1.29, 1.82) is 0 Å². The fourth-order valence-electron chi connectivity index (χ4n) is 3.48. The number of carbonyl (C=O) groups excluding carboxylic acids is 1. The van der Waals surface area contributed by atoms with Gasteiger partial charge in [-0.2, -0.15) is 4.31 Å². The van der Waals surface area contributed by atoms with Gasteiger partial charge in [0.1, 0.15) is 6.04 Å². The standard InChI is InChI=1S/C24H26N4O5S/c1-26(17-15-20-10-6-7-16-25-20)24(29)23(18-19-8-4-3-5-9-19)27(2)34(32,33)22-13-11-21(12-14-22)28(30)31/h3-14,16,23H,15,17-18H2,1-2H3/t23-/m0/s1.